The molecule has 7 nitrogen and oxygen atoms in total. The highest BCUT2D eigenvalue weighted by molar-refractivity contribution is 5.79. The molecule has 0 saturated carbocycles. The van der Waals surface area contributed by atoms with Crippen molar-refractivity contribution >= 4 is 5.96 Å². The minimum absolute atomic E-state index is 0.264. The molecule has 128 valence electrons. The smallest absolute Gasteiger partial charge is 0.194 e. The molecule has 7 heteroatoms. The van der Waals surface area contributed by atoms with Crippen LogP contribution in [0.1, 0.15) is 18.7 Å². The normalized spacial score (nSPS) is 16.2. The van der Waals surface area contributed by atoms with Gasteiger partial charge in [-0.1, -0.05) is 18.2 Å². The van der Waals surface area contributed by atoms with Gasteiger partial charge in [-0.3, -0.25) is 4.99 Å². The molecular weight excluding hydrogens is 304 g/mol. The molecule has 1 aromatic heterocycles. The van der Waals surface area contributed by atoms with Gasteiger partial charge < -0.3 is 19.5 Å². The molecule has 1 N–H and O–H groups in total. The van der Waals surface area contributed by atoms with Crippen LogP contribution in [0.4, 0.5) is 0 Å². The number of hydrogen-bond acceptors (Lipinski definition) is 4. The van der Waals surface area contributed by atoms with Crippen LogP contribution in [0.3, 0.4) is 0 Å². The molecule has 0 spiro atoms. The predicted octanol–water partition coefficient (Wildman–Crippen LogP) is 1.43. The molecule has 0 bridgehead atoms. The first kappa shape index (κ1) is 16.3. The number of nitrogens with one attached hydrogen (secondary N) is 1. The lowest BCUT2D eigenvalue weighted by atomic mass is 10.1. The molecule has 1 fully saturated rings. The van der Waals surface area contributed by atoms with Crippen molar-refractivity contribution in [1.29, 1.82) is 0 Å². The number of aliphatic imine (C=N–C) groups is 1. The second-order valence-corrected chi connectivity index (χ2v) is 5.88. The third kappa shape index (κ3) is 4.04. The van der Waals surface area contributed by atoms with Gasteiger partial charge >= 0.3 is 0 Å². The molecular formula is C17H24N6O. The number of aryl methyl sites for hydroxylation is 1. The average Bonchev–Trinajstić information content (AvgIpc) is 3.03. The van der Waals surface area contributed by atoms with Crippen LogP contribution in [0.25, 0.3) is 0 Å². The van der Waals surface area contributed by atoms with Crippen LogP contribution in [0.5, 0.6) is 5.75 Å². The second kappa shape index (κ2) is 7.81. The first-order valence-electron chi connectivity index (χ1n) is 8.26. The van der Waals surface area contributed by atoms with Gasteiger partial charge in [0.25, 0.3) is 0 Å². The Bertz CT molecular complexity index is 661. The summed E-state index contributed by atoms with van der Waals surface area (Å²) in [4.78, 5) is 6.65. The van der Waals surface area contributed by atoms with E-state index < -0.39 is 0 Å². The summed E-state index contributed by atoms with van der Waals surface area (Å²) in [7, 11) is 3.75. The first-order chi connectivity index (χ1) is 11.8. The van der Waals surface area contributed by atoms with E-state index in [0.29, 0.717) is 6.54 Å². The third-order valence-corrected chi connectivity index (χ3v) is 4.21. The van der Waals surface area contributed by atoms with E-state index >= 15 is 0 Å². The van der Waals surface area contributed by atoms with Gasteiger partial charge in [0.1, 0.15) is 18.2 Å². The molecule has 1 aliphatic heterocycles. The van der Waals surface area contributed by atoms with Gasteiger partial charge in [-0.2, -0.15) is 0 Å². The van der Waals surface area contributed by atoms with E-state index in [0.717, 1.165) is 43.5 Å². The van der Waals surface area contributed by atoms with E-state index in [4.69, 9.17) is 4.74 Å². The van der Waals surface area contributed by atoms with Crippen LogP contribution in [0, 0.1) is 0 Å². The van der Waals surface area contributed by atoms with Crippen molar-refractivity contribution in [2.45, 2.75) is 25.5 Å². The zero-order valence-corrected chi connectivity index (χ0v) is 14.2. The number of hydrogen-bond donors (Lipinski definition) is 1. The summed E-state index contributed by atoms with van der Waals surface area (Å²) in [5.41, 5.74) is 0. The van der Waals surface area contributed by atoms with Crippen LogP contribution in [0.2, 0.25) is 0 Å². The number of likely N-dealkylation sites (tertiary alicyclic amines) is 1. The Morgan fingerprint density at radius 3 is 2.67 bits per heavy atom. The Hall–Kier alpha value is -2.57. The maximum atomic E-state index is 6.04. The summed E-state index contributed by atoms with van der Waals surface area (Å²) < 4.78 is 7.95. The molecule has 1 aromatic carbocycles. The molecule has 2 heterocycles. The van der Waals surface area contributed by atoms with Crippen molar-refractivity contribution in [1.82, 2.24) is 25.0 Å². The number of rotatable bonds is 4. The summed E-state index contributed by atoms with van der Waals surface area (Å²) in [6.45, 7) is 2.47. The molecule has 3 rings (SSSR count). The van der Waals surface area contributed by atoms with E-state index in [2.05, 4.69) is 25.4 Å². The molecule has 0 amide bonds. The zero-order valence-electron chi connectivity index (χ0n) is 14.2. The topological polar surface area (TPSA) is 67.6 Å². The number of benzene rings is 1. The van der Waals surface area contributed by atoms with Crippen LogP contribution in [0.15, 0.2) is 41.7 Å². The Balaban J connectivity index is 1.48. The number of ether oxygens (including phenoxy) is 1. The quantitative estimate of drug-likeness (QED) is 0.679. The van der Waals surface area contributed by atoms with E-state index in [-0.39, 0.29) is 6.10 Å². The predicted molar refractivity (Wildman–Crippen MR) is 92.9 cm³/mol. The lowest BCUT2D eigenvalue weighted by molar-refractivity contribution is 0.129. The number of para-hydroxylation sites is 1. The summed E-state index contributed by atoms with van der Waals surface area (Å²) in [5, 5.41) is 11.3. The van der Waals surface area contributed by atoms with Crippen LogP contribution in [-0.4, -0.2) is 51.9 Å². The van der Waals surface area contributed by atoms with Crippen LogP contribution >= 0.6 is 0 Å². The van der Waals surface area contributed by atoms with Crippen molar-refractivity contribution in [3.63, 3.8) is 0 Å². The van der Waals surface area contributed by atoms with E-state index in [1.807, 2.05) is 49.0 Å². The standard InChI is InChI=1S/C17H24N6O/c1-18-17(19-12-16-21-20-13-22(16)2)23-10-8-15(9-11-23)24-14-6-4-3-5-7-14/h3-7,13,15H,8-12H2,1-2H3,(H,18,19). The second-order valence-electron chi connectivity index (χ2n) is 5.88. The molecule has 1 saturated heterocycles. The van der Waals surface area contributed by atoms with E-state index in [1.165, 1.54) is 0 Å². The molecule has 0 radical (unpaired) electrons. The van der Waals surface area contributed by atoms with Crippen molar-refractivity contribution in [2.24, 2.45) is 12.0 Å². The van der Waals surface area contributed by atoms with Gasteiger partial charge in [0.15, 0.2) is 11.8 Å². The third-order valence-electron chi connectivity index (χ3n) is 4.21. The molecule has 2 aromatic rings. The average molecular weight is 328 g/mol. The lowest BCUT2D eigenvalue weighted by Crippen LogP contribution is -2.47. The van der Waals surface area contributed by atoms with Gasteiger partial charge in [0, 0.05) is 40.0 Å². The monoisotopic (exact) mass is 328 g/mol. The minimum Gasteiger partial charge on any atom is -0.490 e. The highest BCUT2D eigenvalue weighted by atomic mass is 16.5. The number of nitrogens with zero attached hydrogens (tertiary/aromatic N) is 5. The molecule has 24 heavy (non-hydrogen) atoms. The minimum atomic E-state index is 0.264. The summed E-state index contributed by atoms with van der Waals surface area (Å²) in [5.74, 6) is 2.73. The van der Waals surface area contributed by atoms with Crippen molar-refractivity contribution in [3.05, 3.63) is 42.5 Å². The van der Waals surface area contributed by atoms with Crippen molar-refractivity contribution in [2.75, 3.05) is 20.1 Å². The maximum Gasteiger partial charge on any atom is 0.194 e. The fourth-order valence-corrected chi connectivity index (χ4v) is 2.83. The number of aromatic nitrogens is 3. The van der Waals surface area contributed by atoms with Gasteiger partial charge in [-0.15, -0.1) is 10.2 Å². The number of guanidine groups is 1. The van der Waals surface area contributed by atoms with Crippen molar-refractivity contribution in [3.8, 4) is 5.75 Å². The summed E-state index contributed by atoms with van der Waals surface area (Å²) in [6, 6.07) is 10.0. The lowest BCUT2D eigenvalue weighted by Gasteiger charge is -2.34. The fraction of sp³-hybridized carbons (Fsp3) is 0.471. The summed E-state index contributed by atoms with van der Waals surface area (Å²) >= 11 is 0. The Kier molecular flexibility index (Phi) is 5.30. The highest BCUT2D eigenvalue weighted by Gasteiger charge is 2.22. The van der Waals surface area contributed by atoms with Gasteiger partial charge in [-0.05, 0) is 12.1 Å². The van der Waals surface area contributed by atoms with E-state index in [9.17, 15) is 0 Å². The Morgan fingerprint density at radius 1 is 1.29 bits per heavy atom. The molecule has 0 atom stereocenters. The molecule has 0 unspecified atom stereocenters. The SMILES string of the molecule is CN=C(NCc1nncn1C)N1CCC(Oc2ccccc2)CC1. The molecule has 0 aliphatic carbocycles. The van der Waals surface area contributed by atoms with E-state index in [1.54, 1.807) is 6.33 Å². The Labute approximate surface area is 142 Å². The van der Waals surface area contributed by atoms with Gasteiger partial charge in [-0.25, -0.2) is 0 Å². The zero-order chi connectivity index (χ0) is 16.8. The molecule has 1 aliphatic rings. The Morgan fingerprint density at radius 2 is 2.04 bits per heavy atom. The number of piperidine rings is 1. The van der Waals surface area contributed by atoms with Gasteiger partial charge in [0.2, 0.25) is 0 Å². The summed E-state index contributed by atoms with van der Waals surface area (Å²) in [6.07, 6.45) is 3.94. The maximum absolute atomic E-state index is 6.04. The van der Waals surface area contributed by atoms with Crippen molar-refractivity contribution < 1.29 is 4.74 Å². The fourth-order valence-electron chi connectivity index (χ4n) is 2.83. The highest BCUT2D eigenvalue weighted by Crippen LogP contribution is 2.18. The largest absolute Gasteiger partial charge is 0.490 e. The van der Waals surface area contributed by atoms with Crippen LogP contribution < -0.4 is 10.1 Å². The van der Waals surface area contributed by atoms with Gasteiger partial charge in [0.05, 0.1) is 6.54 Å². The first-order valence-corrected chi connectivity index (χ1v) is 8.26. The van der Waals surface area contributed by atoms with Crippen LogP contribution in [-0.2, 0) is 13.6 Å².